The van der Waals surface area contributed by atoms with E-state index in [-0.39, 0.29) is 70.0 Å². The molecule has 25 heavy (non-hydrogen) atoms. The van der Waals surface area contributed by atoms with Crippen LogP contribution in [0.25, 0.3) is 0 Å². The van der Waals surface area contributed by atoms with E-state index >= 15 is 0 Å². The van der Waals surface area contributed by atoms with Gasteiger partial charge in [-0.2, -0.15) is 0 Å². The number of unbranched alkanes of at least 4 members (excludes halogenated alkanes) is 1. The predicted octanol–water partition coefficient (Wildman–Crippen LogP) is -3.48. The van der Waals surface area contributed by atoms with Gasteiger partial charge >= 0.3 is 43.7 Å². The Balaban J connectivity index is 0. The van der Waals surface area contributed by atoms with Crippen LogP contribution >= 0.6 is 0 Å². The van der Waals surface area contributed by atoms with Gasteiger partial charge in [0.15, 0.2) is 0 Å². The number of hydrogen-bond acceptors (Lipinski definition) is 7. The molecular weight excluding hydrogens is 364 g/mol. The zero-order chi connectivity index (χ0) is 18.5. The third-order valence-corrected chi connectivity index (χ3v) is 2.98. The summed E-state index contributed by atoms with van der Waals surface area (Å²) in [5.74, 6) is -5.10. The molecule has 0 fully saturated rings. The van der Waals surface area contributed by atoms with E-state index in [4.69, 9.17) is 5.11 Å². The van der Waals surface area contributed by atoms with Crippen LogP contribution in [0, 0.1) is 0 Å². The number of amides is 2. The van der Waals surface area contributed by atoms with E-state index in [9.17, 15) is 34.2 Å². The van der Waals surface area contributed by atoms with E-state index < -0.39 is 42.2 Å². The van der Waals surface area contributed by atoms with Gasteiger partial charge in [0, 0.05) is 25.4 Å². The Labute approximate surface area is 174 Å². The molecule has 0 aromatic heterocycles. The summed E-state index contributed by atoms with van der Waals surface area (Å²) in [6.07, 6.45) is -0.442. The summed E-state index contributed by atoms with van der Waals surface area (Å²) in [4.78, 5) is 54.0. The first-order valence-corrected chi connectivity index (χ1v) is 7.41. The van der Waals surface area contributed by atoms with E-state index in [0.717, 1.165) is 0 Å². The van der Waals surface area contributed by atoms with Gasteiger partial charge in [0.2, 0.25) is 11.8 Å². The van der Waals surface area contributed by atoms with Crippen molar-refractivity contribution in [3.8, 4) is 0 Å². The Kier molecular flexibility index (Phi) is 15.4. The minimum Gasteiger partial charge on any atom is -0.550 e. The SMILES string of the molecule is O=C([O-])CCC(=O)NCCCCC(NC(=O)CCC(=O)O)C(=O)[O-].[Ca+2]. The Morgan fingerprint density at radius 1 is 0.880 bits per heavy atom. The van der Waals surface area contributed by atoms with Crippen LogP contribution in [-0.2, 0) is 24.0 Å². The van der Waals surface area contributed by atoms with Gasteiger partial charge in [-0.25, -0.2) is 0 Å². The third kappa shape index (κ3) is 15.9. The fourth-order valence-corrected chi connectivity index (χ4v) is 1.74. The second-order valence-corrected chi connectivity index (χ2v) is 5.05. The molecule has 1 atom stereocenters. The Hall–Kier alpha value is -1.39. The van der Waals surface area contributed by atoms with E-state index in [1.807, 2.05) is 0 Å². The van der Waals surface area contributed by atoms with Crippen molar-refractivity contribution in [1.29, 1.82) is 0 Å². The molecule has 0 aromatic carbocycles. The summed E-state index contributed by atoms with van der Waals surface area (Å²) in [6.45, 7) is 0.235. The molecule has 0 bridgehead atoms. The van der Waals surface area contributed by atoms with Crippen molar-refractivity contribution in [2.24, 2.45) is 0 Å². The fourth-order valence-electron chi connectivity index (χ4n) is 1.74. The van der Waals surface area contributed by atoms with Gasteiger partial charge < -0.3 is 35.5 Å². The van der Waals surface area contributed by atoms with E-state index in [1.54, 1.807) is 0 Å². The maximum atomic E-state index is 11.4. The monoisotopic (exact) mass is 384 g/mol. The van der Waals surface area contributed by atoms with Gasteiger partial charge in [-0.1, -0.05) is 0 Å². The van der Waals surface area contributed by atoms with Crippen molar-refractivity contribution in [3.63, 3.8) is 0 Å². The molecule has 0 aromatic rings. The molecule has 0 saturated heterocycles. The number of rotatable bonds is 13. The smallest absolute Gasteiger partial charge is 0.550 e. The van der Waals surface area contributed by atoms with Gasteiger partial charge in [-0.15, -0.1) is 0 Å². The van der Waals surface area contributed by atoms with Crippen molar-refractivity contribution in [3.05, 3.63) is 0 Å². The average molecular weight is 384 g/mol. The number of carboxylic acid groups (broad SMARTS) is 3. The summed E-state index contributed by atoms with van der Waals surface area (Å²) in [7, 11) is 0. The van der Waals surface area contributed by atoms with Crippen LogP contribution in [0.2, 0.25) is 0 Å². The van der Waals surface area contributed by atoms with Gasteiger partial charge in [0.25, 0.3) is 0 Å². The first-order chi connectivity index (χ1) is 11.2. The number of carbonyl (C=O) groups excluding carboxylic acids is 4. The summed E-state index contributed by atoms with van der Waals surface area (Å²) in [6, 6.07) is -1.24. The first-order valence-electron chi connectivity index (χ1n) is 7.41. The standard InChI is InChI=1S/C14H22N2O8.Ca/c17-10(4-6-12(19)20)15-8-2-1-3-9(14(23)24)16-11(18)5-7-13(21)22;/h9H,1-8H2,(H,15,17)(H,16,18)(H,19,20)(H,21,22)(H,23,24);/q;+2/p-2. The second-order valence-electron chi connectivity index (χ2n) is 5.05. The first kappa shape index (κ1) is 25.8. The Morgan fingerprint density at radius 3 is 2.00 bits per heavy atom. The number of nitrogens with one attached hydrogen (secondary N) is 2. The maximum Gasteiger partial charge on any atom is 2.00 e. The second kappa shape index (κ2) is 14.9. The molecule has 3 N–H and O–H groups in total. The van der Waals surface area contributed by atoms with Crippen molar-refractivity contribution in [2.75, 3.05) is 6.54 Å². The molecular formula is C14H20CaN2O8. The molecule has 0 heterocycles. The molecule has 0 aliphatic heterocycles. The van der Waals surface area contributed by atoms with Crippen LogP contribution < -0.4 is 20.8 Å². The molecule has 11 heteroatoms. The van der Waals surface area contributed by atoms with Crippen LogP contribution in [0.4, 0.5) is 0 Å². The number of hydrogen-bond donors (Lipinski definition) is 3. The van der Waals surface area contributed by atoms with Gasteiger partial charge in [0.1, 0.15) is 0 Å². The zero-order valence-corrected chi connectivity index (χ0v) is 16.0. The maximum absolute atomic E-state index is 11.4. The molecule has 10 nitrogen and oxygen atoms in total. The summed E-state index contributed by atoms with van der Waals surface area (Å²) >= 11 is 0. The molecule has 0 aliphatic rings. The van der Waals surface area contributed by atoms with Crippen molar-refractivity contribution in [2.45, 2.75) is 51.0 Å². The minimum atomic E-state index is -1.48. The van der Waals surface area contributed by atoms with Crippen LogP contribution in [0.1, 0.15) is 44.9 Å². The fraction of sp³-hybridized carbons (Fsp3) is 0.643. The Morgan fingerprint density at radius 2 is 1.48 bits per heavy atom. The normalized spacial score (nSPS) is 10.9. The average Bonchev–Trinajstić information content (AvgIpc) is 2.49. The van der Waals surface area contributed by atoms with Crippen LogP contribution in [-0.4, -0.2) is 85.2 Å². The van der Waals surface area contributed by atoms with Crippen LogP contribution in [0.3, 0.4) is 0 Å². The molecule has 136 valence electrons. The van der Waals surface area contributed by atoms with E-state index in [0.29, 0.717) is 12.8 Å². The van der Waals surface area contributed by atoms with E-state index in [1.165, 1.54) is 0 Å². The molecule has 0 saturated carbocycles. The summed E-state index contributed by atoms with van der Waals surface area (Å²) in [5.41, 5.74) is 0. The molecule has 1 unspecified atom stereocenters. The van der Waals surface area contributed by atoms with Gasteiger partial charge in [-0.3, -0.25) is 14.4 Å². The molecule has 2 amide bonds. The van der Waals surface area contributed by atoms with Crippen LogP contribution in [0.5, 0.6) is 0 Å². The largest absolute Gasteiger partial charge is 2.00 e. The predicted molar refractivity (Wildman–Crippen MR) is 80.7 cm³/mol. The number of aliphatic carboxylic acids is 3. The van der Waals surface area contributed by atoms with Gasteiger partial charge in [-0.05, 0) is 25.7 Å². The zero-order valence-electron chi connectivity index (χ0n) is 13.7. The molecule has 0 rings (SSSR count). The van der Waals surface area contributed by atoms with Crippen LogP contribution in [0.15, 0.2) is 0 Å². The molecule has 0 spiro atoms. The van der Waals surface area contributed by atoms with E-state index in [2.05, 4.69) is 10.6 Å². The van der Waals surface area contributed by atoms with Crippen molar-refractivity contribution < 1.29 is 39.3 Å². The number of carboxylic acids is 3. The molecule has 0 aliphatic carbocycles. The summed E-state index contributed by atoms with van der Waals surface area (Å²) in [5, 5.41) is 34.2. The van der Waals surface area contributed by atoms with Crippen molar-refractivity contribution in [1.82, 2.24) is 10.6 Å². The van der Waals surface area contributed by atoms with Crippen molar-refractivity contribution >= 4 is 67.5 Å². The minimum absolute atomic E-state index is 0. The quantitative estimate of drug-likeness (QED) is 0.217. The molecule has 0 radical (unpaired) electrons. The Bertz CT molecular complexity index is 483. The third-order valence-electron chi connectivity index (χ3n) is 2.98. The number of carbonyl (C=O) groups is 5. The topological polar surface area (TPSA) is 176 Å². The summed E-state index contributed by atoms with van der Waals surface area (Å²) < 4.78 is 0. The van der Waals surface area contributed by atoms with Gasteiger partial charge in [0.05, 0.1) is 18.4 Å².